The summed E-state index contributed by atoms with van der Waals surface area (Å²) < 4.78 is 12.2. The van der Waals surface area contributed by atoms with Crippen LogP contribution in [0.1, 0.15) is 59.8 Å². The van der Waals surface area contributed by atoms with Gasteiger partial charge in [0.1, 0.15) is 5.60 Å². The molecule has 8 heteroatoms. The first-order valence-corrected chi connectivity index (χ1v) is 11.4. The van der Waals surface area contributed by atoms with E-state index in [9.17, 15) is 4.79 Å². The molecule has 1 aromatic heterocycles. The van der Waals surface area contributed by atoms with Crippen molar-refractivity contribution in [3.63, 3.8) is 0 Å². The lowest BCUT2D eigenvalue weighted by Crippen LogP contribution is -2.35. The Bertz CT molecular complexity index is 702. The van der Waals surface area contributed by atoms with Gasteiger partial charge in [-0.3, -0.25) is 0 Å². The summed E-state index contributed by atoms with van der Waals surface area (Å²) >= 11 is 3.48. The first kappa shape index (κ1) is 22.1. The molecule has 3 rings (SSSR count). The Labute approximate surface area is 182 Å². The first-order valence-electron chi connectivity index (χ1n) is 10.6. The number of hydrogen-bond donors (Lipinski definition) is 1. The van der Waals surface area contributed by atoms with Gasteiger partial charge in [-0.2, -0.15) is 4.98 Å². The van der Waals surface area contributed by atoms with E-state index in [1.807, 2.05) is 20.8 Å². The molecule has 0 aromatic carbocycles. The van der Waals surface area contributed by atoms with Gasteiger partial charge in [-0.05, 0) is 74.7 Å². The number of nitrogens with one attached hydrogen (secondary N) is 1. The van der Waals surface area contributed by atoms with Gasteiger partial charge in [-0.15, -0.1) is 0 Å². The van der Waals surface area contributed by atoms with Gasteiger partial charge in [0.05, 0.1) is 17.3 Å². The number of likely N-dealkylation sites (tertiary alicyclic amines) is 1. The quantitative estimate of drug-likeness (QED) is 0.664. The van der Waals surface area contributed by atoms with Crippen molar-refractivity contribution in [2.45, 2.75) is 71.4 Å². The molecule has 1 atom stereocenters. The van der Waals surface area contributed by atoms with Crippen LogP contribution >= 0.6 is 15.9 Å². The molecule has 1 N–H and O–H groups in total. The third-order valence-corrected chi connectivity index (χ3v) is 6.00. The van der Waals surface area contributed by atoms with Crippen LogP contribution in [0.15, 0.2) is 10.7 Å². The third kappa shape index (κ3) is 6.73. The second kappa shape index (κ2) is 9.49. The summed E-state index contributed by atoms with van der Waals surface area (Å²) in [6.07, 6.45) is 7.17. The van der Waals surface area contributed by atoms with E-state index in [1.165, 1.54) is 12.8 Å². The predicted molar refractivity (Wildman–Crippen MR) is 116 cm³/mol. The molecule has 1 amide bonds. The minimum atomic E-state index is -0.475. The van der Waals surface area contributed by atoms with E-state index < -0.39 is 5.60 Å². The molecule has 0 radical (unpaired) electrons. The van der Waals surface area contributed by atoms with E-state index in [4.69, 9.17) is 9.47 Å². The minimum absolute atomic E-state index is 0.253. The molecule has 0 unspecified atom stereocenters. The van der Waals surface area contributed by atoms with Gasteiger partial charge in [-0.1, -0.05) is 6.92 Å². The van der Waals surface area contributed by atoms with Crippen molar-refractivity contribution in [2.24, 2.45) is 11.8 Å². The van der Waals surface area contributed by atoms with Gasteiger partial charge < -0.3 is 19.7 Å². The van der Waals surface area contributed by atoms with Crippen molar-refractivity contribution in [3.8, 4) is 5.88 Å². The van der Waals surface area contributed by atoms with E-state index in [1.54, 1.807) is 11.1 Å². The normalized spacial score (nSPS) is 25.0. The van der Waals surface area contributed by atoms with Crippen LogP contribution in [-0.2, 0) is 4.74 Å². The maximum Gasteiger partial charge on any atom is 0.410 e. The zero-order chi connectivity index (χ0) is 21.0. The van der Waals surface area contributed by atoms with Crippen LogP contribution in [0.3, 0.4) is 0 Å². The fourth-order valence-corrected chi connectivity index (χ4v) is 4.07. The van der Waals surface area contributed by atoms with Gasteiger partial charge >= 0.3 is 6.09 Å². The summed E-state index contributed by atoms with van der Waals surface area (Å²) in [5, 5.41) is 3.45. The molecule has 29 heavy (non-hydrogen) atoms. The molecule has 1 saturated carbocycles. The molecule has 162 valence electrons. The number of hydrogen-bond acceptors (Lipinski definition) is 6. The van der Waals surface area contributed by atoms with E-state index in [0.717, 1.165) is 29.7 Å². The number of nitrogens with zero attached hydrogens (tertiary/aromatic N) is 3. The lowest BCUT2D eigenvalue weighted by atomic mass is 9.87. The molecule has 2 aliphatic rings. The van der Waals surface area contributed by atoms with Crippen molar-refractivity contribution >= 4 is 28.0 Å². The highest BCUT2D eigenvalue weighted by molar-refractivity contribution is 9.10. The Morgan fingerprint density at radius 2 is 2.00 bits per heavy atom. The van der Waals surface area contributed by atoms with Crippen LogP contribution in [0.4, 0.5) is 10.7 Å². The minimum Gasteiger partial charge on any atom is -0.476 e. The van der Waals surface area contributed by atoms with Crippen molar-refractivity contribution in [1.82, 2.24) is 14.9 Å². The maximum absolute atomic E-state index is 12.2. The fourth-order valence-electron chi connectivity index (χ4n) is 3.77. The number of carbonyl (C=O) groups excluding carboxylic acids is 1. The Kier molecular flexibility index (Phi) is 7.24. The van der Waals surface area contributed by atoms with Crippen LogP contribution in [0.2, 0.25) is 0 Å². The van der Waals surface area contributed by atoms with Crippen LogP contribution < -0.4 is 10.1 Å². The summed E-state index contributed by atoms with van der Waals surface area (Å²) in [5.41, 5.74) is -0.475. The van der Waals surface area contributed by atoms with Crippen LogP contribution in [0.25, 0.3) is 0 Å². The molecule has 2 fully saturated rings. The molecule has 1 aliphatic heterocycles. The number of halogens is 1. The summed E-state index contributed by atoms with van der Waals surface area (Å²) in [5.74, 6) is 2.23. The van der Waals surface area contributed by atoms with E-state index >= 15 is 0 Å². The van der Waals surface area contributed by atoms with E-state index in [2.05, 4.69) is 38.1 Å². The molecule has 0 bridgehead atoms. The molecule has 1 aromatic rings. The van der Waals surface area contributed by atoms with Crippen LogP contribution in [0.5, 0.6) is 5.88 Å². The lowest BCUT2D eigenvalue weighted by molar-refractivity contribution is 0.0284. The van der Waals surface area contributed by atoms with E-state index in [0.29, 0.717) is 37.6 Å². The largest absolute Gasteiger partial charge is 0.476 e. The first-order chi connectivity index (χ1) is 13.7. The summed E-state index contributed by atoms with van der Waals surface area (Å²) in [7, 11) is 0. The number of carbonyl (C=O) groups is 1. The Balaban J connectivity index is 1.50. The average molecular weight is 469 g/mol. The maximum atomic E-state index is 12.2. The lowest BCUT2D eigenvalue weighted by Gasteiger charge is -2.27. The predicted octanol–water partition coefficient (Wildman–Crippen LogP) is 4.87. The highest BCUT2D eigenvalue weighted by Crippen LogP contribution is 2.28. The molecule has 2 heterocycles. The molecule has 7 nitrogen and oxygen atoms in total. The molecular formula is C21H33BrN4O3. The number of ether oxygens (including phenoxy) is 2. The zero-order valence-corrected chi connectivity index (χ0v) is 19.5. The van der Waals surface area contributed by atoms with Gasteiger partial charge in [0.2, 0.25) is 11.8 Å². The monoisotopic (exact) mass is 468 g/mol. The van der Waals surface area contributed by atoms with Crippen LogP contribution in [-0.4, -0.2) is 52.3 Å². The fraction of sp³-hybridized carbons (Fsp3) is 0.762. The smallest absolute Gasteiger partial charge is 0.410 e. The van der Waals surface area contributed by atoms with E-state index in [-0.39, 0.29) is 12.0 Å². The molecular weight excluding hydrogens is 436 g/mol. The third-order valence-electron chi connectivity index (χ3n) is 5.45. The average Bonchev–Trinajstić information content (AvgIpc) is 3.12. The van der Waals surface area contributed by atoms with Crippen molar-refractivity contribution in [2.75, 3.05) is 25.0 Å². The van der Waals surface area contributed by atoms with Gasteiger partial charge in [0, 0.05) is 25.0 Å². The topological polar surface area (TPSA) is 76.6 Å². The van der Waals surface area contributed by atoms with Gasteiger partial charge in [0.25, 0.3) is 0 Å². The highest BCUT2D eigenvalue weighted by atomic mass is 79.9. The zero-order valence-electron chi connectivity index (χ0n) is 17.9. The van der Waals surface area contributed by atoms with Gasteiger partial charge in [0.15, 0.2) is 0 Å². The van der Waals surface area contributed by atoms with Crippen molar-refractivity contribution in [1.29, 1.82) is 0 Å². The van der Waals surface area contributed by atoms with Crippen LogP contribution in [0, 0.1) is 11.8 Å². The highest BCUT2D eigenvalue weighted by Gasteiger charge is 2.30. The summed E-state index contributed by atoms with van der Waals surface area (Å²) in [6.45, 7) is 9.81. The number of aromatic nitrogens is 2. The number of amides is 1. The standard InChI is InChI=1S/C21H33BrN4O3/c1-14-5-7-16(8-6-14)24-19-23-11-17(22)18(25-19)28-13-15-9-10-26(12-15)20(27)29-21(2,3)4/h11,14-16H,5-10,12-13H2,1-4H3,(H,23,24,25)/t14?,15-,16?/m1/s1. The second-order valence-corrected chi connectivity index (χ2v) is 10.2. The number of rotatable bonds is 5. The SMILES string of the molecule is CC1CCC(Nc2ncc(Br)c(OC[C@@H]3CCN(C(=O)OC(C)(C)C)C3)n2)CC1. The van der Waals surface area contributed by atoms with Crippen molar-refractivity contribution in [3.05, 3.63) is 10.7 Å². The Morgan fingerprint density at radius 3 is 2.69 bits per heavy atom. The number of anilines is 1. The summed E-state index contributed by atoms with van der Waals surface area (Å²) in [6, 6.07) is 0.428. The molecule has 0 spiro atoms. The molecule has 1 saturated heterocycles. The van der Waals surface area contributed by atoms with Gasteiger partial charge in [-0.25, -0.2) is 9.78 Å². The second-order valence-electron chi connectivity index (χ2n) is 9.34. The molecule has 1 aliphatic carbocycles. The Hall–Kier alpha value is -1.57. The Morgan fingerprint density at radius 1 is 1.28 bits per heavy atom. The van der Waals surface area contributed by atoms with Crippen molar-refractivity contribution < 1.29 is 14.3 Å². The summed E-state index contributed by atoms with van der Waals surface area (Å²) in [4.78, 5) is 22.9.